The predicted octanol–water partition coefficient (Wildman–Crippen LogP) is 1.48. The van der Waals surface area contributed by atoms with Gasteiger partial charge in [0.1, 0.15) is 0 Å². The summed E-state index contributed by atoms with van der Waals surface area (Å²) in [5.74, 6) is 0.419. The lowest BCUT2D eigenvalue weighted by molar-refractivity contribution is 0.0529. The van der Waals surface area contributed by atoms with Crippen molar-refractivity contribution in [3.8, 4) is 6.07 Å². The first-order chi connectivity index (χ1) is 6.85. The molecule has 4 atom stereocenters. The summed E-state index contributed by atoms with van der Waals surface area (Å²) >= 11 is 0. The van der Waals surface area contributed by atoms with Crippen LogP contribution in [0.25, 0.3) is 0 Å². The molecule has 0 aromatic carbocycles. The molecular formula is C11H15NO2. The van der Waals surface area contributed by atoms with Gasteiger partial charge in [-0.05, 0) is 25.7 Å². The Kier molecular flexibility index (Phi) is 1.83. The molecule has 2 bridgehead atoms. The van der Waals surface area contributed by atoms with E-state index in [2.05, 4.69) is 6.07 Å². The Morgan fingerprint density at radius 1 is 1.29 bits per heavy atom. The zero-order valence-corrected chi connectivity index (χ0v) is 8.24. The van der Waals surface area contributed by atoms with E-state index < -0.39 is 0 Å². The summed E-state index contributed by atoms with van der Waals surface area (Å²) < 4.78 is 11.2. The summed E-state index contributed by atoms with van der Waals surface area (Å²) in [5.41, 5.74) is -0.209. The third-order valence-electron chi connectivity index (χ3n) is 4.11. The van der Waals surface area contributed by atoms with Crippen molar-refractivity contribution in [1.82, 2.24) is 0 Å². The Hall–Kier alpha value is -0.590. The zero-order valence-electron chi connectivity index (χ0n) is 8.24. The van der Waals surface area contributed by atoms with E-state index in [-0.39, 0.29) is 11.5 Å². The largest absolute Gasteiger partial charge is 0.381 e. The molecule has 0 spiro atoms. The minimum atomic E-state index is -0.209. The van der Waals surface area contributed by atoms with Crippen LogP contribution in [0.3, 0.4) is 0 Å². The molecule has 14 heavy (non-hydrogen) atoms. The number of fused-ring (bicyclic) bond motifs is 2. The summed E-state index contributed by atoms with van der Waals surface area (Å²) in [6.45, 7) is 1.59. The second kappa shape index (κ2) is 2.95. The van der Waals surface area contributed by atoms with Crippen LogP contribution in [0.4, 0.5) is 0 Å². The molecule has 3 heteroatoms. The maximum absolute atomic E-state index is 9.41. The monoisotopic (exact) mass is 193 g/mol. The maximum atomic E-state index is 9.41. The zero-order chi connectivity index (χ0) is 9.60. The minimum absolute atomic E-state index is 0.198. The Labute approximate surface area is 84.0 Å². The highest BCUT2D eigenvalue weighted by atomic mass is 16.5. The van der Waals surface area contributed by atoms with Gasteiger partial charge in [-0.25, -0.2) is 0 Å². The maximum Gasteiger partial charge on any atom is 0.0910 e. The molecule has 0 N–H and O–H groups in total. The van der Waals surface area contributed by atoms with Crippen molar-refractivity contribution in [2.75, 3.05) is 13.2 Å². The summed E-state index contributed by atoms with van der Waals surface area (Å²) in [5, 5.41) is 9.41. The molecule has 0 amide bonds. The molecule has 0 aliphatic carbocycles. The van der Waals surface area contributed by atoms with Gasteiger partial charge in [-0.15, -0.1) is 0 Å². The second-order valence-corrected chi connectivity index (χ2v) is 4.74. The molecule has 3 aliphatic rings. The molecule has 0 aromatic heterocycles. The van der Waals surface area contributed by atoms with E-state index in [9.17, 15) is 5.26 Å². The number of nitriles is 1. The van der Waals surface area contributed by atoms with Gasteiger partial charge >= 0.3 is 0 Å². The van der Waals surface area contributed by atoms with Crippen LogP contribution in [0.1, 0.15) is 25.7 Å². The van der Waals surface area contributed by atoms with E-state index in [0.29, 0.717) is 12.0 Å². The Bertz CT molecular complexity index is 280. The van der Waals surface area contributed by atoms with Crippen molar-refractivity contribution < 1.29 is 9.47 Å². The highest BCUT2D eigenvalue weighted by Crippen LogP contribution is 2.53. The van der Waals surface area contributed by atoms with Crippen molar-refractivity contribution in [1.29, 1.82) is 5.26 Å². The van der Waals surface area contributed by atoms with Crippen LogP contribution >= 0.6 is 0 Å². The van der Waals surface area contributed by atoms with E-state index >= 15 is 0 Å². The van der Waals surface area contributed by atoms with E-state index in [1.54, 1.807) is 0 Å². The van der Waals surface area contributed by atoms with Crippen LogP contribution in [0.5, 0.6) is 0 Å². The van der Waals surface area contributed by atoms with Crippen molar-refractivity contribution in [2.45, 2.75) is 37.9 Å². The highest BCUT2D eigenvalue weighted by Gasteiger charge is 2.57. The molecule has 3 nitrogen and oxygen atoms in total. The standard InChI is InChI=1S/C11H15NO2/c12-7-11(8-3-4-13-6-8)5-9-1-2-10(11)14-9/h8-10H,1-6H2. The van der Waals surface area contributed by atoms with Gasteiger partial charge in [-0.1, -0.05) is 0 Å². The van der Waals surface area contributed by atoms with E-state index in [1.165, 1.54) is 0 Å². The fourth-order valence-corrected chi connectivity index (χ4v) is 3.32. The average molecular weight is 193 g/mol. The molecule has 3 fully saturated rings. The smallest absolute Gasteiger partial charge is 0.0910 e. The molecule has 76 valence electrons. The van der Waals surface area contributed by atoms with Crippen LogP contribution in [0.2, 0.25) is 0 Å². The van der Waals surface area contributed by atoms with E-state index in [0.717, 1.165) is 38.9 Å². The molecule has 0 radical (unpaired) electrons. The number of hydrogen-bond donors (Lipinski definition) is 0. The fraction of sp³-hybridized carbons (Fsp3) is 0.909. The minimum Gasteiger partial charge on any atom is -0.381 e. The first kappa shape index (κ1) is 8.70. The van der Waals surface area contributed by atoms with Gasteiger partial charge < -0.3 is 9.47 Å². The van der Waals surface area contributed by atoms with Crippen LogP contribution in [-0.2, 0) is 9.47 Å². The third-order valence-corrected chi connectivity index (χ3v) is 4.11. The van der Waals surface area contributed by atoms with Crippen molar-refractivity contribution in [3.05, 3.63) is 0 Å². The summed E-state index contributed by atoms with van der Waals surface area (Å²) in [7, 11) is 0. The predicted molar refractivity (Wildman–Crippen MR) is 49.5 cm³/mol. The summed E-state index contributed by atoms with van der Waals surface area (Å²) in [6, 6.07) is 2.55. The molecule has 3 heterocycles. The summed E-state index contributed by atoms with van der Waals surface area (Å²) in [4.78, 5) is 0. The SMILES string of the molecule is N#CC1(C2CCOC2)CC2CCC1O2. The van der Waals surface area contributed by atoms with Gasteiger partial charge in [0.05, 0.1) is 30.3 Å². The lowest BCUT2D eigenvalue weighted by Gasteiger charge is -2.33. The fourth-order valence-electron chi connectivity index (χ4n) is 3.32. The van der Waals surface area contributed by atoms with Crippen molar-refractivity contribution in [3.63, 3.8) is 0 Å². The molecule has 0 aromatic rings. The quantitative estimate of drug-likeness (QED) is 0.633. The first-order valence-corrected chi connectivity index (χ1v) is 5.49. The normalized spacial score (nSPS) is 50.9. The summed E-state index contributed by atoms with van der Waals surface area (Å²) in [6.07, 6.45) is 4.78. The van der Waals surface area contributed by atoms with Crippen molar-refractivity contribution >= 4 is 0 Å². The molecular weight excluding hydrogens is 178 g/mol. The number of ether oxygens (including phenoxy) is 2. The number of hydrogen-bond acceptors (Lipinski definition) is 3. The Morgan fingerprint density at radius 3 is 2.71 bits per heavy atom. The van der Waals surface area contributed by atoms with Crippen LogP contribution in [-0.4, -0.2) is 25.4 Å². The van der Waals surface area contributed by atoms with Gasteiger partial charge in [0.25, 0.3) is 0 Å². The van der Waals surface area contributed by atoms with E-state index in [1.807, 2.05) is 0 Å². The molecule has 0 saturated carbocycles. The van der Waals surface area contributed by atoms with E-state index in [4.69, 9.17) is 9.47 Å². The lowest BCUT2D eigenvalue weighted by atomic mass is 9.66. The van der Waals surface area contributed by atoms with Crippen molar-refractivity contribution in [2.24, 2.45) is 11.3 Å². The van der Waals surface area contributed by atoms with Gasteiger partial charge in [-0.3, -0.25) is 0 Å². The third kappa shape index (κ3) is 0.986. The number of nitrogens with zero attached hydrogens (tertiary/aromatic N) is 1. The molecule has 3 saturated heterocycles. The second-order valence-electron chi connectivity index (χ2n) is 4.74. The lowest BCUT2D eigenvalue weighted by Crippen LogP contribution is -2.38. The highest BCUT2D eigenvalue weighted by molar-refractivity contribution is 5.15. The average Bonchev–Trinajstić information content (AvgIpc) is 2.93. The van der Waals surface area contributed by atoms with Crippen LogP contribution < -0.4 is 0 Å². The topological polar surface area (TPSA) is 42.2 Å². The van der Waals surface area contributed by atoms with Crippen LogP contribution in [0.15, 0.2) is 0 Å². The number of rotatable bonds is 1. The van der Waals surface area contributed by atoms with Gasteiger partial charge in [0.15, 0.2) is 0 Å². The Balaban J connectivity index is 1.88. The van der Waals surface area contributed by atoms with Gasteiger partial charge in [0.2, 0.25) is 0 Å². The van der Waals surface area contributed by atoms with Crippen LogP contribution in [0, 0.1) is 22.7 Å². The molecule has 4 unspecified atom stereocenters. The van der Waals surface area contributed by atoms with Gasteiger partial charge in [0, 0.05) is 12.5 Å². The molecule has 3 rings (SSSR count). The Morgan fingerprint density at radius 2 is 2.21 bits per heavy atom. The van der Waals surface area contributed by atoms with Gasteiger partial charge in [-0.2, -0.15) is 5.26 Å². The first-order valence-electron chi connectivity index (χ1n) is 5.49. The molecule has 3 aliphatic heterocycles.